The van der Waals surface area contributed by atoms with E-state index in [0.29, 0.717) is 45.7 Å². The predicted octanol–water partition coefficient (Wildman–Crippen LogP) is 3.88. The first-order chi connectivity index (χ1) is 14.7. The second-order valence-electron chi connectivity index (χ2n) is 6.64. The molecule has 30 heavy (non-hydrogen) atoms. The third-order valence-corrected chi connectivity index (χ3v) is 5.25. The molecular formula is C22H18N6OS. The second kappa shape index (κ2) is 8.19. The van der Waals surface area contributed by atoms with E-state index in [1.807, 2.05) is 47.0 Å². The Labute approximate surface area is 178 Å². The third kappa shape index (κ3) is 3.32. The number of nitrogens with two attached hydrogens (primary N) is 1. The molecular weight excluding hydrogens is 396 g/mol. The molecule has 1 amide bonds. The largest absolute Gasteiger partial charge is 0.397 e. The lowest BCUT2D eigenvalue weighted by molar-refractivity contribution is -0.107. The number of fused-ring (bicyclic) bond motifs is 1. The Kier molecular flexibility index (Phi) is 5.28. The molecule has 0 spiro atoms. The van der Waals surface area contributed by atoms with Gasteiger partial charge in [0.1, 0.15) is 27.3 Å². The lowest BCUT2D eigenvalue weighted by Gasteiger charge is -2.21. The number of hydrogen-bond donors (Lipinski definition) is 2. The topological polar surface area (TPSA) is 104 Å². The molecule has 3 N–H and O–H groups in total. The number of nitrogens with one attached hydrogen (secondary N) is 1. The van der Waals surface area contributed by atoms with Crippen molar-refractivity contribution in [2.24, 2.45) is 0 Å². The Morgan fingerprint density at radius 1 is 1.20 bits per heavy atom. The van der Waals surface area contributed by atoms with Crippen LogP contribution >= 0.6 is 12.2 Å². The number of rotatable bonds is 6. The van der Waals surface area contributed by atoms with Gasteiger partial charge in [0.15, 0.2) is 0 Å². The quantitative estimate of drug-likeness (QED) is 0.283. The highest BCUT2D eigenvalue weighted by Gasteiger charge is 2.21. The van der Waals surface area contributed by atoms with Crippen LogP contribution in [-0.2, 0) is 11.3 Å². The van der Waals surface area contributed by atoms with Crippen LogP contribution in [0.5, 0.6) is 0 Å². The lowest BCUT2D eigenvalue weighted by atomic mass is 10.1. The molecule has 0 saturated heterocycles. The minimum atomic E-state index is 0.343. The summed E-state index contributed by atoms with van der Waals surface area (Å²) in [7, 11) is 0. The Morgan fingerprint density at radius 2 is 1.93 bits per heavy atom. The number of H-pyrrole nitrogens is 1. The summed E-state index contributed by atoms with van der Waals surface area (Å²) in [6.07, 6.45) is 2.25. The van der Waals surface area contributed by atoms with Crippen molar-refractivity contribution < 1.29 is 4.79 Å². The highest BCUT2D eigenvalue weighted by atomic mass is 32.1. The zero-order valence-electron chi connectivity index (χ0n) is 15.9. The maximum Gasteiger partial charge on any atom is 0.214 e. The molecule has 4 aromatic rings. The van der Waals surface area contributed by atoms with Crippen molar-refractivity contribution in [2.45, 2.75) is 6.54 Å². The number of nitrogens with zero attached hydrogens (tertiary/aromatic N) is 4. The average molecular weight is 414 g/mol. The summed E-state index contributed by atoms with van der Waals surface area (Å²) in [5.41, 5.74) is 10.4. The molecule has 148 valence electrons. The summed E-state index contributed by atoms with van der Waals surface area (Å²) in [4.78, 5) is 20.7. The first-order valence-electron chi connectivity index (χ1n) is 9.27. The molecule has 7 nitrogen and oxygen atoms in total. The van der Waals surface area contributed by atoms with Crippen LogP contribution in [0.1, 0.15) is 5.56 Å². The molecule has 8 heteroatoms. The maximum absolute atomic E-state index is 11.8. The standard InChI is InChI=1S/C22H18N6OS/c23-12-16-19-21(22(30)26-13-25-19)28(20(16)15-6-2-1-3-7-15)11-10-27(14-29)18-9-5-4-8-17(18)24/h1-9,13-14H,10-11,24H2,(H,25,26,30). The number of amides is 1. The monoisotopic (exact) mass is 414 g/mol. The van der Waals surface area contributed by atoms with Crippen LogP contribution in [0.3, 0.4) is 0 Å². The fourth-order valence-corrected chi connectivity index (χ4v) is 3.86. The van der Waals surface area contributed by atoms with Gasteiger partial charge in [0.2, 0.25) is 6.41 Å². The third-order valence-electron chi connectivity index (χ3n) is 4.94. The fraction of sp³-hybridized carbons (Fsp3) is 0.0909. The van der Waals surface area contributed by atoms with Gasteiger partial charge >= 0.3 is 0 Å². The van der Waals surface area contributed by atoms with Crippen molar-refractivity contribution in [3.05, 3.63) is 71.1 Å². The molecule has 0 atom stereocenters. The van der Waals surface area contributed by atoms with Gasteiger partial charge < -0.3 is 20.2 Å². The highest BCUT2D eigenvalue weighted by Crippen LogP contribution is 2.33. The summed E-state index contributed by atoms with van der Waals surface area (Å²) in [5, 5.41) is 9.89. The van der Waals surface area contributed by atoms with E-state index in [4.69, 9.17) is 18.0 Å². The second-order valence-corrected chi connectivity index (χ2v) is 7.05. The Bertz CT molecular complexity index is 1320. The van der Waals surface area contributed by atoms with Gasteiger partial charge in [-0.2, -0.15) is 5.26 Å². The fourth-order valence-electron chi connectivity index (χ4n) is 3.60. The van der Waals surface area contributed by atoms with Gasteiger partial charge in [-0.1, -0.05) is 54.7 Å². The van der Waals surface area contributed by atoms with Gasteiger partial charge in [-0.15, -0.1) is 0 Å². The number of nitriles is 1. The van der Waals surface area contributed by atoms with Crippen molar-refractivity contribution in [2.75, 3.05) is 17.2 Å². The molecule has 0 aliphatic rings. The Morgan fingerprint density at radius 3 is 2.63 bits per heavy atom. The van der Waals surface area contributed by atoms with E-state index in [-0.39, 0.29) is 0 Å². The SMILES string of the molecule is N#Cc1c(-c2ccccc2)n(CCN(C=O)c2ccccc2N)c2c(=S)[nH]cnc12. The lowest BCUT2D eigenvalue weighted by Crippen LogP contribution is -2.26. The normalized spacial score (nSPS) is 10.6. The van der Waals surface area contributed by atoms with Crippen LogP contribution in [-0.4, -0.2) is 27.5 Å². The molecule has 0 bridgehead atoms. The number of nitrogen functional groups attached to an aromatic ring is 1. The molecule has 0 saturated carbocycles. The van der Waals surface area contributed by atoms with Gasteiger partial charge in [-0.05, 0) is 17.7 Å². The molecule has 2 aromatic heterocycles. The minimum absolute atomic E-state index is 0.343. The highest BCUT2D eigenvalue weighted by molar-refractivity contribution is 7.71. The first-order valence-corrected chi connectivity index (χ1v) is 9.68. The van der Waals surface area contributed by atoms with Crippen molar-refractivity contribution in [3.8, 4) is 17.3 Å². The number of benzene rings is 2. The van der Waals surface area contributed by atoms with Gasteiger partial charge in [-0.25, -0.2) is 4.98 Å². The minimum Gasteiger partial charge on any atom is -0.397 e. The summed E-state index contributed by atoms with van der Waals surface area (Å²) in [5.74, 6) is 0. The summed E-state index contributed by atoms with van der Waals surface area (Å²) >= 11 is 5.51. The summed E-state index contributed by atoms with van der Waals surface area (Å²) in [6, 6.07) is 19.1. The van der Waals surface area contributed by atoms with Crippen molar-refractivity contribution >= 4 is 41.0 Å². The number of aromatic nitrogens is 3. The van der Waals surface area contributed by atoms with Crippen LogP contribution in [0.15, 0.2) is 60.9 Å². The van der Waals surface area contributed by atoms with E-state index in [2.05, 4.69) is 16.0 Å². The average Bonchev–Trinajstić information content (AvgIpc) is 3.10. The summed E-state index contributed by atoms with van der Waals surface area (Å²) < 4.78 is 2.43. The molecule has 2 aromatic carbocycles. The van der Waals surface area contributed by atoms with E-state index in [1.165, 1.54) is 6.33 Å². The van der Waals surface area contributed by atoms with Gasteiger partial charge in [0.05, 0.1) is 23.4 Å². The molecule has 4 rings (SSSR count). The first kappa shape index (κ1) is 19.4. The molecule has 2 heterocycles. The zero-order valence-corrected chi connectivity index (χ0v) is 16.8. The van der Waals surface area contributed by atoms with Crippen molar-refractivity contribution in [1.82, 2.24) is 14.5 Å². The van der Waals surface area contributed by atoms with E-state index in [1.54, 1.807) is 17.0 Å². The number of carbonyl (C=O) groups is 1. The predicted molar refractivity (Wildman–Crippen MR) is 119 cm³/mol. The van der Waals surface area contributed by atoms with Gasteiger partial charge in [0, 0.05) is 13.1 Å². The van der Waals surface area contributed by atoms with Gasteiger partial charge in [-0.3, -0.25) is 4.79 Å². The van der Waals surface area contributed by atoms with E-state index >= 15 is 0 Å². The Balaban J connectivity index is 1.86. The van der Waals surface area contributed by atoms with Crippen molar-refractivity contribution in [3.63, 3.8) is 0 Å². The number of carbonyl (C=O) groups excluding carboxylic acids is 1. The molecule has 0 aliphatic carbocycles. The molecule has 0 unspecified atom stereocenters. The van der Waals surface area contributed by atoms with Crippen LogP contribution in [0.2, 0.25) is 0 Å². The Hall–Kier alpha value is -3.96. The molecule has 0 aliphatic heterocycles. The van der Waals surface area contributed by atoms with Crippen LogP contribution in [0, 0.1) is 16.0 Å². The van der Waals surface area contributed by atoms with E-state index in [0.717, 1.165) is 17.7 Å². The number of para-hydroxylation sites is 2. The van der Waals surface area contributed by atoms with Crippen LogP contribution in [0.25, 0.3) is 22.3 Å². The molecule has 0 fully saturated rings. The molecule has 0 radical (unpaired) electrons. The van der Waals surface area contributed by atoms with Crippen molar-refractivity contribution in [1.29, 1.82) is 5.26 Å². The summed E-state index contributed by atoms with van der Waals surface area (Å²) in [6.45, 7) is 0.745. The number of hydrogen-bond acceptors (Lipinski definition) is 5. The van der Waals surface area contributed by atoms with E-state index in [9.17, 15) is 10.1 Å². The van der Waals surface area contributed by atoms with E-state index < -0.39 is 0 Å². The smallest absolute Gasteiger partial charge is 0.214 e. The maximum atomic E-state index is 11.8. The number of aromatic amines is 1. The van der Waals surface area contributed by atoms with Crippen LogP contribution in [0.4, 0.5) is 11.4 Å². The van der Waals surface area contributed by atoms with Crippen LogP contribution < -0.4 is 10.6 Å². The van der Waals surface area contributed by atoms with Gasteiger partial charge in [0.25, 0.3) is 0 Å². The zero-order chi connectivity index (χ0) is 21.1. The number of anilines is 2.